The van der Waals surface area contributed by atoms with Gasteiger partial charge in [0.1, 0.15) is 0 Å². The molecule has 0 spiro atoms. The standard InChI is InChI=1S/C18H21N3O/c1-20-10-11-21(13-16-4-2-3-5-17(16)20)18(22)15-8-6-14(12-19)7-9-15/h2-9H,10-13,19H2,1H3. The van der Waals surface area contributed by atoms with Crippen molar-refractivity contribution in [3.8, 4) is 0 Å². The van der Waals surface area contributed by atoms with Gasteiger partial charge in [0, 0.05) is 44.5 Å². The Labute approximate surface area is 131 Å². The second-order valence-corrected chi connectivity index (χ2v) is 5.68. The number of nitrogens with two attached hydrogens (primary N) is 1. The Morgan fingerprint density at radius 3 is 2.55 bits per heavy atom. The number of carbonyl (C=O) groups excluding carboxylic acids is 1. The molecule has 0 aliphatic carbocycles. The van der Waals surface area contributed by atoms with E-state index < -0.39 is 0 Å². The summed E-state index contributed by atoms with van der Waals surface area (Å²) >= 11 is 0. The number of nitrogens with zero attached hydrogens (tertiary/aromatic N) is 2. The van der Waals surface area contributed by atoms with Crippen molar-refractivity contribution in [1.82, 2.24) is 4.90 Å². The molecule has 22 heavy (non-hydrogen) atoms. The number of fused-ring (bicyclic) bond motifs is 1. The van der Waals surface area contributed by atoms with Crippen molar-refractivity contribution in [1.29, 1.82) is 0 Å². The van der Waals surface area contributed by atoms with Gasteiger partial charge < -0.3 is 15.5 Å². The van der Waals surface area contributed by atoms with Crippen molar-refractivity contribution in [2.45, 2.75) is 13.1 Å². The maximum absolute atomic E-state index is 12.7. The number of hydrogen-bond donors (Lipinski definition) is 1. The zero-order valence-electron chi connectivity index (χ0n) is 12.8. The summed E-state index contributed by atoms with van der Waals surface area (Å²) in [5.74, 6) is 0.0775. The van der Waals surface area contributed by atoms with Gasteiger partial charge >= 0.3 is 0 Å². The fraction of sp³-hybridized carbons (Fsp3) is 0.278. The fourth-order valence-electron chi connectivity index (χ4n) is 2.83. The molecule has 0 fully saturated rings. The van der Waals surface area contributed by atoms with Crippen LogP contribution in [0.5, 0.6) is 0 Å². The molecule has 1 aliphatic rings. The van der Waals surface area contributed by atoms with Gasteiger partial charge in [-0.2, -0.15) is 0 Å². The molecule has 3 rings (SSSR count). The van der Waals surface area contributed by atoms with Crippen molar-refractivity contribution in [2.24, 2.45) is 5.73 Å². The predicted molar refractivity (Wildman–Crippen MR) is 88.8 cm³/mol. The summed E-state index contributed by atoms with van der Waals surface area (Å²) in [6.07, 6.45) is 0. The van der Waals surface area contributed by atoms with Crippen LogP contribution in [0.15, 0.2) is 48.5 Å². The number of anilines is 1. The molecule has 2 aromatic carbocycles. The van der Waals surface area contributed by atoms with E-state index in [0.29, 0.717) is 13.1 Å². The maximum atomic E-state index is 12.7. The van der Waals surface area contributed by atoms with Crippen LogP contribution in [0.1, 0.15) is 21.5 Å². The molecule has 0 aromatic heterocycles. The molecule has 0 unspecified atom stereocenters. The van der Waals surface area contributed by atoms with Gasteiger partial charge in [-0.1, -0.05) is 30.3 Å². The third-order valence-corrected chi connectivity index (χ3v) is 4.19. The summed E-state index contributed by atoms with van der Waals surface area (Å²) < 4.78 is 0. The third-order valence-electron chi connectivity index (χ3n) is 4.19. The van der Waals surface area contributed by atoms with Crippen LogP contribution < -0.4 is 10.6 Å². The Kier molecular flexibility index (Phi) is 4.11. The number of likely N-dealkylation sites (N-methyl/N-ethyl adjacent to an activating group) is 1. The second kappa shape index (κ2) is 6.20. The zero-order valence-corrected chi connectivity index (χ0v) is 12.8. The van der Waals surface area contributed by atoms with E-state index in [0.717, 1.165) is 24.2 Å². The molecular formula is C18H21N3O. The van der Waals surface area contributed by atoms with E-state index >= 15 is 0 Å². The molecule has 4 nitrogen and oxygen atoms in total. The Morgan fingerprint density at radius 2 is 1.82 bits per heavy atom. The highest BCUT2D eigenvalue weighted by Gasteiger charge is 2.21. The number of hydrogen-bond acceptors (Lipinski definition) is 3. The van der Waals surface area contributed by atoms with Crippen LogP contribution in [0, 0.1) is 0 Å². The quantitative estimate of drug-likeness (QED) is 0.924. The lowest BCUT2D eigenvalue weighted by atomic mass is 10.1. The summed E-state index contributed by atoms with van der Waals surface area (Å²) in [6.45, 7) is 2.71. The molecular weight excluding hydrogens is 274 g/mol. The Morgan fingerprint density at radius 1 is 1.09 bits per heavy atom. The van der Waals surface area contributed by atoms with Crippen LogP contribution >= 0.6 is 0 Å². The molecule has 114 valence electrons. The number of para-hydroxylation sites is 1. The van der Waals surface area contributed by atoms with Crippen molar-refractivity contribution >= 4 is 11.6 Å². The van der Waals surface area contributed by atoms with Gasteiger partial charge in [-0.3, -0.25) is 4.79 Å². The molecule has 4 heteroatoms. The van der Waals surface area contributed by atoms with Crippen LogP contribution in [-0.2, 0) is 13.1 Å². The smallest absolute Gasteiger partial charge is 0.254 e. The minimum Gasteiger partial charge on any atom is -0.373 e. The first-order chi connectivity index (χ1) is 10.7. The van der Waals surface area contributed by atoms with Crippen LogP contribution in [0.3, 0.4) is 0 Å². The van der Waals surface area contributed by atoms with Gasteiger partial charge in [-0.25, -0.2) is 0 Å². The minimum absolute atomic E-state index is 0.0775. The van der Waals surface area contributed by atoms with E-state index in [-0.39, 0.29) is 5.91 Å². The predicted octanol–water partition coefficient (Wildman–Crippen LogP) is 2.24. The first kappa shape index (κ1) is 14.6. The van der Waals surface area contributed by atoms with Gasteiger partial charge in [0.05, 0.1) is 0 Å². The number of carbonyl (C=O) groups is 1. The molecule has 1 aliphatic heterocycles. The number of rotatable bonds is 2. The van der Waals surface area contributed by atoms with E-state index in [1.807, 2.05) is 41.3 Å². The lowest BCUT2D eigenvalue weighted by molar-refractivity contribution is 0.0752. The fourth-order valence-corrected chi connectivity index (χ4v) is 2.83. The van der Waals surface area contributed by atoms with E-state index in [4.69, 9.17) is 5.73 Å². The van der Waals surface area contributed by atoms with E-state index in [1.54, 1.807) is 0 Å². The average molecular weight is 295 g/mol. The van der Waals surface area contributed by atoms with Crippen LogP contribution in [0.4, 0.5) is 5.69 Å². The molecule has 0 saturated carbocycles. The molecule has 0 atom stereocenters. The lowest BCUT2D eigenvalue weighted by Gasteiger charge is -2.21. The summed E-state index contributed by atoms with van der Waals surface area (Å²) in [4.78, 5) is 16.9. The van der Waals surface area contributed by atoms with Gasteiger partial charge in [-0.15, -0.1) is 0 Å². The van der Waals surface area contributed by atoms with Crippen LogP contribution in [0.25, 0.3) is 0 Å². The number of amides is 1. The monoisotopic (exact) mass is 295 g/mol. The van der Waals surface area contributed by atoms with Gasteiger partial charge in [0.2, 0.25) is 0 Å². The number of benzene rings is 2. The molecule has 0 saturated heterocycles. The molecule has 2 N–H and O–H groups in total. The highest BCUT2D eigenvalue weighted by atomic mass is 16.2. The summed E-state index contributed by atoms with van der Waals surface area (Å²) in [7, 11) is 2.07. The Bertz CT molecular complexity index is 666. The molecule has 0 radical (unpaired) electrons. The first-order valence-corrected chi connectivity index (χ1v) is 7.56. The van der Waals surface area contributed by atoms with Gasteiger partial charge in [0.25, 0.3) is 5.91 Å². The normalized spacial score (nSPS) is 14.5. The molecule has 1 amide bonds. The summed E-state index contributed by atoms with van der Waals surface area (Å²) in [5, 5.41) is 0. The maximum Gasteiger partial charge on any atom is 0.254 e. The molecule has 0 bridgehead atoms. The largest absolute Gasteiger partial charge is 0.373 e. The van der Waals surface area contributed by atoms with Gasteiger partial charge in [0.15, 0.2) is 0 Å². The highest BCUT2D eigenvalue weighted by Crippen LogP contribution is 2.24. The van der Waals surface area contributed by atoms with Crippen molar-refractivity contribution in [3.63, 3.8) is 0 Å². The third kappa shape index (κ3) is 2.83. The average Bonchev–Trinajstić information content (AvgIpc) is 2.74. The SMILES string of the molecule is CN1CCN(C(=O)c2ccc(CN)cc2)Cc2ccccc21. The van der Waals surface area contributed by atoms with E-state index in [1.165, 1.54) is 11.3 Å². The Hall–Kier alpha value is -2.33. The van der Waals surface area contributed by atoms with Gasteiger partial charge in [-0.05, 0) is 29.3 Å². The van der Waals surface area contributed by atoms with Crippen molar-refractivity contribution in [2.75, 3.05) is 25.0 Å². The van der Waals surface area contributed by atoms with Crippen LogP contribution in [0.2, 0.25) is 0 Å². The topological polar surface area (TPSA) is 49.6 Å². The molecule has 2 aromatic rings. The van der Waals surface area contributed by atoms with E-state index in [2.05, 4.69) is 24.1 Å². The highest BCUT2D eigenvalue weighted by molar-refractivity contribution is 5.94. The van der Waals surface area contributed by atoms with Crippen molar-refractivity contribution < 1.29 is 4.79 Å². The summed E-state index contributed by atoms with van der Waals surface area (Å²) in [6, 6.07) is 15.8. The van der Waals surface area contributed by atoms with E-state index in [9.17, 15) is 4.79 Å². The zero-order chi connectivity index (χ0) is 15.5. The minimum atomic E-state index is 0.0775. The Balaban J connectivity index is 1.84. The van der Waals surface area contributed by atoms with Crippen LogP contribution in [-0.4, -0.2) is 30.9 Å². The lowest BCUT2D eigenvalue weighted by Crippen LogP contribution is -2.34. The first-order valence-electron chi connectivity index (χ1n) is 7.56. The molecule has 1 heterocycles. The second-order valence-electron chi connectivity index (χ2n) is 5.68. The van der Waals surface area contributed by atoms with Crippen molar-refractivity contribution in [3.05, 3.63) is 65.2 Å². The summed E-state index contributed by atoms with van der Waals surface area (Å²) in [5.41, 5.74) is 9.76.